The molecule has 0 radical (unpaired) electrons. The van der Waals surface area contributed by atoms with Gasteiger partial charge in [0.1, 0.15) is 17.4 Å². The second-order valence-electron chi connectivity index (χ2n) is 3.37. The molecule has 0 aliphatic heterocycles. The Balaban J connectivity index is 2.35. The van der Waals surface area contributed by atoms with Crippen LogP contribution in [0.15, 0.2) is 30.5 Å². The lowest BCUT2D eigenvalue weighted by Gasteiger charge is -2.08. The monoisotopic (exact) mass is 245 g/mol. The van der Waals surface area contributed by atoms with Crippen LogP contribution in [0.3, 0.4) is 0 Å². The number of ether oxygens (including phenoxy) is 1. The predicted octanol–water partition coefficient (Wildman–Crippen LogP) is 3.10. The highest BCUT2D eigenvalue weighted by atomic mass is 35.5. The molecule has 84 valence electrons. The van der Waals surface area contributed by atoms with E-state index >= 15 is 0 Å². The number of benzene rings is 1. The van der Waals surface area contributed by atoms with Gasteiger partial charge < -0.3 is 4.74 Å². The van der Waals surface area contributed by atoms with Crippen molar-refractivity contribution in [2.45, 2.75) is 6.92 Å². The molecule has 0 spiro atoms. The first-order valence-corrected chi connectivity index (χ1v) is 5.24. The largest absolute Gasteiger partial charge is 0.436 e. The molecule has 0 N–H and O–H groups in total. The van der Waals surface area contributed by atoms with Gasteiger partial charge in [0, 0.05) is 5.02 Å². The molecule has 0 bridgehead atoms. The molecule has 1 aromatic heterocycles. The molecule has 0 saturated heterocycles. The average Bonchev–Trinajstić information content (AvgIpc) is 2.33. The Labute approximate surface area is 103 Å². The van der Waals surface area contributed by atoms with Crippen molar-refractivity contribution in [3.05, 3.63) is 46.6 Å². The van der Waals surface area contributed by atoms with E-state index in [1.54, 1.807) is 24.3 Å². The molecule has 0 unspecified atom stereocenters. The van der Waals surface area contributed by atoms with Crippen molar-refractivity contribution in [2.24, 2.45) is 0 Å². The van der Waals surface area contributed by atoms with Crippen LogP contribution in [0.1, 0.15) is 11.1 Å². The maximum absolute atomic E-state index is 8.89. The highest BCUT2D eigenvalue weighted by molar-refractivity contribution is 6.30. The van der Waals surface area contributed by atoms with Crippen LogP contribution in [-0.2, 0) is 0 Å². The number of aromatic nitrogens is 2. The van der Waals surface area contributed by atoms with Gasteiger partial charge in [0.2, 0.25) is 0 Å². The van der Waals surface area contributed by atoms with E-state index in [-0.39, 0.29) is 5.88 Å². The normalized spacial score (nSPS) is 9.71. The Hall–Kier alpha value is -2.12. The van der Waals surface area contributed by atoms with Crippen LogP contribution in [-0.4, -0.2) is 10.2 Å². The zero-order valence-corrected chi connectivity index (χ0v) is 9.77. The number of hydrogen-bond donors (Lipinski definition) is 0. The molecule has 0 saturated carbocycles. The maximum Gasteiger partial charge on any atom is 0.256 e. The van der Waals surface area contributed by atoms with Crippen LogP contribution in [0.4, 0.5) is 0 Å². The van der Waals surface area contributed by atoms with Gasteiger partial charge in [-0.3, -0.25) is 0 Å². The lowest BCUT2D eigenvalue weighted by molar-refractivity contribution is 0.450. The van der Waals surface area contributed by atoms with Gasteiger partial charge in [0.05, 0.1) is 6.20 Å². The number of aryl methyl sites for hydroxylation is 1. The zero-order valence-electron chi connectivity index (χ0n) is 9.01. The van der Waals surface area contributed by atoms with Crippen LogP contribution in [0.25, 0.3) is 0 Å². The van der Waals surface area contributed by atoms with Crippen LogP contribution >= 0.6 is 11.6 Å². The Morgan fingerprint density at radius 1 is 1.35 bits per heavy atom. The van der Waals surface area contributed by atoms with E-state index in [1.165, 1.54) is 6.20 Å². The summed E-state index contributed by atoms with van der Waals surface area (Å²) in [6.45, 7) is 1.86. The summed E-state index contributed by atoms with van der Waals surface area (Å²) in [5.41, 5.74) is 1.21. The fraction of sp³-hybridized carbons (Fsp3) is 0.0833. The summed E-state index contributed by atoms with van der Waals surface area (Å²) >= 11 is 5.84. The lowest BCUT2D eigenvalue weighted by atomic mass is 10.2. The first-order valence-electron chi connectivity index (χ1n) is 4.86. The second-order valence-corrected chi connectivity index (χ2v) is 3.81. The summed E-state index contributed by atoms with van der Waals surface area (Å²) in [5, 5.41) is 17.0. The highest BCUT2D eigenvalue weighted by Gasteiger charge is 2.08. The van der Waals surface area contributed by atoms with E-state index in [0.29, 0.717) is 16.3 Å². The van der Waals surface area contributed by atoms with Gasteiger partial charge >= 0.3 is 0 Å². The van der Waals surface area contributed by atoms with E-state index in [1.807, 2.05) is 13.0 Å². The summed E-state index contributed by atoms with van der Waals surface area (Å²) in [4.78, 5) is 0. The van der Waals surface area contributed by atoms with Crippen LogP contribution in [0.5, 0.6) is 11.6 Å². The Morgan fingerprint density at radius 2 is 2.18 bits per heavy atom. The van der Waals surface area contributed by atoms with E-state index in [0.717, 1.165) is 5.56 Å². The third-order valence-electron chi connectivity index (χ3n) is 2.15. The SMILES string of the molecule is Cc1cc(Cl)ccc1Oc1nnccc1C#N. The molecule has 0 amide bonds. The molecule has 2 rings (SSSR count). The van der Waals surface area contributed by atoms with Crippen LogP contribution in [0.2, 0.25) is 5.02 Å². The molecular formula is C12H8ClN3O. The van der Waals surface area contributed by atoms with Gasteiger partial charge in [-0.2, -0.15) is 10.4 Å². The molecule has 0 atom stereocenters. The van der Waals surface area contributed by atoms with Crippen molar-refractivity contribution >= 4 is 11.6 Å². The molecular weight excluding hydrogens is 238 g/mol. The smallest absolute Gasteiger partial charge is 0.256 e. The molecule has 17 heavy (non-hydrogen) atoms. The van der Waals surface area contributed by atoms with E-state index in [2.05, 4.69) is 10.2 Å². The number of nitriles is 1. The molecule has 0 fully saturated rings. The molecule has 4 nitrogen and oxygen atoms in total. The van der Waals surface area contributed by atoms with Gasteiger partial charge in [-0.25, -0.2) is 0 Å². The number of rotatable bonds is 2. The molecule has 0 aliphatic rings. The predicted molar refractivity (Wildman–Crippen MR) is 63.0 cm³/mol. The van der Waals surface area contributed by atoms with Crippen LogP contribution in [0, 0.1) is 18.3 Å². The second kappa shape index (κ2) is 4.81. The minimum absolute atomic E-state index is 0.195. The minimum atomic E-state index is 0.195. The minimum Gasteiger partial charge on any atom is -0.436 e. The number of hydrogen-bond acceptors (Lipinski definition) is 4. The number of nitrogens with zero attached hydrogens (tertiary/aromatic N) is 3. The molecule has 5 heteroatoms. The third kappa shape index (κ3) is 2.52. The van der Waals surface area contributed by atoms with Gasteiger partial charge in [0.25, 0.3) is 5.88 Å². The highest BCUT2D eigenvalue weighted by Crippen LogP contribution is 2.27. The molecule has 1 aromatic carbocycles. The third-order valence-corrected chi connectivity index (χ3v) is 2.39. The van der Waals surface area contributed by atoms with Gasteiger partial charge in [-0.05, 0) is 36.8 Å². The van der Waals surface area contributed by atoms with Gasteiger partial charge in [-0.15, -0.1) is 5.10 Å². The van der Waals surface area contributed by atoms with E-state index in [9.17, 15) is 0 Å². The van der Waals surface area contributed by atoms with Gasteiger partial charge in [0.15, 0.2) is 0 Å². The average molecular weight is 246 g/mol. The van der Waals surface area contributed by atoms with Gasteiger partial charge in [-0.1, -0.05) is 11.6 Å². The Morgan fingerprint density at radius 3 is 2.88 bits per heavy atom. The van der Waals surface area contributed by atoms with Crippen molar-refractivity contribution in [3.8, 4) is 17.7 Å². The molecule has 1 heterocycles. The van der Waals surface area contributed by atoms with Crippen LogP contribution < -0.4 is 4.74 Å². The topological polar surface area (TPSA) is 58.8 Å². The standard InChI is InChI=1S/C12H8ClN3O/c1-8-6-10(13)2-3-11(8)17-12-9(7-14)4-5-15-16-12/h2-6H,1H3. The first kappa shape index (κ1) is 11.4. The lowest BCUT2D eigenvalue weighted by Crippen LogP contribution is -1.95. The summed E-state index contributed by atoms with van der Waals surface area (Å²) in [6.07, 6.45) is 1.44. The van der Waals surface area contributed by atoms with Crippen molar-refractivity contribution < 1.29 is 4.74 Å². The Bertz CT molecular complexity index is 593. The summed E-state index contributed by atoms with van der Waals surface area (Å²) in [6, 6.07) is 8.76. The van der Waals surface area contributed by atoms with Crippen molar-refractivity contribution in [3.63, 3.8) is 0 Å². The summed E-state index contributed by atoms with van der Waals surface area (Å²) in [5.74, 6) is 0.798. The van der Waals surface area contributed by atoms with Crippen molar-refractivity contribution in [1.29, 1.82) is 5.26 Å². The fourth-order valence-electron chi connectivity index (χ4n) is 1.31. The maximum atomic E-state index is 8.89. The van der Waals surface area contributed by atoms with Crippen molar-refractivity contribution in [1.82, 2.24) is 10.2 Å². The fourth-order valence-corrected chi connectivity index (χ4v) is 1.54. The number of halogens is 1. The summed E-state index contributed by atoms with van der Waals surface area (Å²) in [7, 11) is 0. The Kier molecular flexibility index (Phi) is 3.22. The zero-order chi connectivity index (χ0) is 12.3. The summed E-state index contributed by atoms with van der Waals surface area (Å²) < 4.78 is 5.53. The quantitative estimate of drug-likeness (QED) is 0.816. The van der Waals surface area contributed by atoms with E-state index in [4.69, 9.17) is 21.6 Å². The van der Waals surface area contributed by atoms with Crippen molar-refractivity contribution in [2.75, 3.05) is 0 Å². The first-order chi connectivity index (χ1) is 8.20. The molecule has 2 aromatic rings. The molecule has 0 aliphatic carbocycles. The van der Waals surface area contributed by atoms with E-state index < -0.39 is 0 Å².